The lowest BCUT2D eigenvalue weighted by atomic mass is 10.1. The second-order valence-electron chi connectivity index (χ2n) is 9.31. The SMILES string of the molecule is Cc1nc2cc(OCc3ccc(CN4CCOCC4)cc3F)cc(N)c2c(=O)n1[C@H]1CCC(=O)NC1=O. The molecular weight excluding hydrogens is 481 g/mol. The molecule has 2 amide bonds. The summed E-state index contributed by atoms with van der Waals surface area (Å²) in [6, 6.07) is 7.32. The van der Waals surface area contributed by atoms with Crippen molar-refractivity contribution >= 4 is 28.4 Å². The first-order valence-corrected chi connectivity index (χ1v) is 12.2. The number of nitrogens with zero attached hydrogens (tertiary/aromatic N) is 3. The summed E-state index contributed by atoms with van der Waals surface area (Å²) in [6.07, 6.45) is 0.337. The molecule has 0 unspecified atom stereocenters. The van der Waals surface area contributed by atoms with E-state index in [1.165, 1.54) is 16.7 Å². The van der Waals surface area contributed by atoms with Gasteiger partial charge in [-0.15, -0.1) is 0 Å². The first-order chi connectivity index (χ1) is 17.8. The number of ether oxygens (including phenoxy) is 2. The number of nitrogens with two attached hydrogens (primary N) is 1. The normalized spacial score (nSPS) is 18.7. The van der Waals surface area contributed by atoms with Gasteiger partial charge in [0.15, 0.2) is 0 Å². The number of nitrogens with one attached hydrogen (secondary N) is 1. The average Bonchev–Trinajstić information content (AvgIpc) is 2.85. The molecule has 11 heteroatoms. The number of morpholine rings is 1. The summed E-state index contributed by atoms with van der Waals surface area (Å²) in [5, 5.41) is 2.41. The van der Waals surface area contributed by atoms with Gasteiger partial charge in [-0.25, -0.2) is 9.37 Å². The lowest BCUT2D eigenvalue weighted by molar-refractivity contribution is -0.135. The van der Waals surface area contributed by atoms with Gasteiger partial charge in [0, 0.05) is 43.8 Å². The Bertz CT molecular complexity index is 1430. The van der Waals surface area contributed by atoms with E-state index in [1.807, 2.05) is 6.07 Å². The molecule has 3 N–H and O–H groups in total. The molecule has 37 heavy (non-hydrogen) atoms. The number of carbonyl (C=O) groups excluding carboxylic acids is 2. The zero-order chi connectivity index (χ0) is 26.1. The fourth-order valence-corrected chi connectivity index (χ4v) is 4.80. The first kappa shape index (κ1) is 24.8. The largest absolute Gasteiger partial charge is 0.489 e. The maximum absolute atomic E-state index is 14.8. The van der Waals surface area contributed by atoms with E-state index in [9.17, 15) is 18.8 Å². The molecule has 2 saturated heterocycles. The highest BCUT2D eigenvalue weighted by atomic mass is 19.1. The predicted octanol–water partition coefficient (Wildman–Crippen LogP) is 1.82. The third-order valence-electron chi connectivity index (χ3n) is 6.73. The number of anilines is 1. The zero-order valence-corrected chi connectivity index (χ0v) is 20.5. The van der Waals surface area contributed by atoms with Crippen LogP contribution in [-0.4, -0.2) is 52.6 Å². The van der Waals surface area contributed by atoms with Crippen molar-refractivity contribution < 1.29 is 23.5 Å². The minimum absolute atomic E-state index is 0.0268. The van der Waals surface area contributed by atoms with Crippen molar-refractivity contribution in [2.24, 2.45) is 0 Å². The number of rotatable bonds is 6. The summed E-state index contributed by atoms with van der Waals surface area (Å²) < 4.78 is 27.2. The zero-order valence-electron chi connectivity index (χ0n) is 20.5. The van der Waals surface area contributed by atoms with Crippen LogP contribution in [0.25, 0.3) is 10.9 Å². The molecule has 10 nitrogen and oxygen atoms in total. The molecule has 2 aliphatic heterocycles. The second-order valence-corrected chi connectivity index (χ2v) is 9.31. The van der Waals surface area contributed by atoms with E-state index in [0.29, 0.717) is 42.4 Å². The van der Waals surface area contributed by atoms with Gasteiger partial charge in [0.05, 0.1) is 29.8 Å². The Morgan fingerprint density at radius 3 is 2.70 bits per heavy atom. The number of hydrogen-bond donors (Lipinski definition) is 2. The van der Waals surface area contributed by atoms with Crippen LogP contribution in [0.4, 0.5) is 10.1 Å². The van der Waals surface area contributed by atoms with Gasteiger partial charge in [-0.1, -0.05) is 12.1 Å². The van der Waals surface area contributed by atoms with Crippen LogP contribution in [0.15, 0.2) is 35.1 Å². The highest BCUT2D eigenvalue weighted by Crippen LogP contribution is 2.27. The van der Waals surface area contributed by atoms with Crippen LogP contribution in [0.2, 0.25) is 0 Å². The molecule has 1 atom stereocenters. The quantitative estimate of drug-likeness (QED) is 0.380. The standard InChI is InChI=1S/C26H28FN5O5/c1-15-29-21-12-18(11-20(28)24(21)26(35)32(15)22-4-5-23(33)30-25(22)34)37-14-17-3-2-16(10-19(17)27)13-31-6-8-36-9-7-31/h2-3,10-12,22H,4-9,13-14,28H2,1H3,(H,30,33,34)/t22-/m0/s1. The Kier molecular flexibility index (Phi) is 6.90. The summed E-state index contributed by atoms with van der Waals surface area (Å²) in [5.74, 6) is -0.623. The molecule has 2 aliphatic rings. The number of aromatic nitrogens is 2. The van der Waals surface area contributed by atoms with E-state index in [4.69, 9.17) is 15.2 Å². The molecule has 2 aromatic carbocycles. The summed E-state index contributed by atoms with van der Waals surface area (Å²) in [7, 11) is 0. The molecule has 0 aliphatic carbocycles. The summed E-state index contributed by atoms with van der Waals surface area (Å²) in [6.45, 7) is 5.25. The highest BCUT2D eigenvalue weighted by Gasteiger charge is 2.30. The summed E-state index contributed by atoms with van der Waals surface area (Å²) in [5.41, 5.74) is 7.44. The topological polar surface area (TPSA) is 129 Å². The minimum atomic E-state index is -0.841. The van der Waals surface area contributed by atoms with Crippen LogP contribution < -0.4 is 21.3 Å². The van der Waals surface area contributed by atoms with Crippen molar-refractivity contribution in [3.05, 3.63) is 63.5 Å². The number of aryl methyl sites for hydroxylation is 1. The monoisotopic (exact) mass is 509 g/mol. The Balaban J connectivity index is 1.34. The van der Waals surface area contributed by atoms with E-state index < -0.39 is 17.5 Å². The fraction of sp³-hybridized carbons (Fsp3) is 0.385. The van der Waals surface area contributed by atoms with Gasteiger partial charge >= 0.3 is 0 Å². The highest BCUT2D eigenvalue weighted by molar-refractivity contribution is 5.99. The van der Waals surface area contributed by atoms with Gasteiger partial charge in [0.1, 0.15) is 30.0 Å². The molecule has 3 heterocycles. The third kappa shape index (κ3) is 5.18. The van der Waals surface area contributed by atoms with E-state index >= 15 is 0 Å². The van der Waals surface area contributed by atoms with Crippen LogP contribution in [-0.2, 0) is 27.5 Å². The number of carbonyl (C=O) groups is 2. The number of piperidine rings is 1. The molecule has 0 saturated carbocycles. The predicted molar refractivity (Wildman–Crippen MR) is 133 cm³/mol. The molecule has 2 fully saturated rings. The third-order valence-corrected chi connectivity index (χ3v) is 6.73. The molecule has 5 rings (SSSR count). The number of amides is 2. The molecule has 0 spiro atoms. The van der Waals surface area contributed by atoms with E-state index in [1.54, 1.807) is 19.1 Å². The molecule has 1 aromatic heterocycles. The Hall–Kier alpha value is -3.83. The Labute approximate surface area is 212 Å². The van der Waals surface area contributed by atoms with Crippen LogP contribution in [0.3, 0.4) is 0 Å². The van der Waals surface area contributed by atoms with E-state index in [-0.39, 0.29) is 42.2 Å². The average molecular weight is 510 g/mol. The van der Waals surface area contributed by atoms with Crippen molar-refractivity contribution in [3.8, 4) is 5.75 Å². The molecule has 3 aromatic rings. The smallest absolute Gasteiger partial charge is 0.264 e. The van der Waals surface area contributed by atoms with Gasteiger partial charge in [-0.3, -0.25) is 29.2 Å². The van der Waals surface area contributed by atoms with Gasteiger partial charge < -0.3 is 15.2 Å². The first-order valence-electron chi connectivity index (χ1n) is 12.2. The van der Waals surface area contributed by atoms with Gasteiger partial charge in [0.2, 0.25) is 11.8 Å². The molecular formula is C26H28FN5O5. The summed E-state index contributed by atoms with van der Waals surface area (Å²) >= 11 is 0. The van der Waals surface area contributed by atoms with Crippen molar-refractivity contribution in [2.45, 2.75) is 39.0 Å². The van der Waals surface area contributed by atoms with E-state index in [0.717, 1.165) is 18.7 Å². The van der Waals surface area contributed by atoms with Crippen LogP contribution >= 0.6 is 0 Å². The number of benzene rings is 2. The van der Waals surface area contributed by atoms with Crippen LogP contribution in [0.5, 0.6) is 5.75 Å². The van der Waals surface area contributed by atoms with Gasteiger partial charge in [-0.05, 0) is 25.0 Å². The van der Waals surface area contributed by atoms with Gasteiger partial charge in [0.25, 0.3) is 5.56 Å². The lowest BCUT2D eigenvalue weighted by Crippen LogP contribution is -2.45. The van der Waals surface area contributed by atoms with Crippen molar-refractivity contribution in [1.29, 1.82) is 0 Å². The summed E-state index contributed by atoms with van der Waals surface area (Å²) in [4.78, 5) is 43.8. The van der Waals surface area contributed by atoms with Crippen LogP contribution in [0.1, 0.15) is 35.8 Å². The van der Waals surface area contributed by atoms with E-state index in [2.05, 4.69) is 15.2 Å². The van der Waals surface area contributed by atoms with Gasteiger partial charge in [-0.2, -0.15) is 0 Å². The van der Waals surface area contributed by atoms with Crippen LogP contribution in [0, 0.1) is 12.7 Å². The Morgan fingerprint density at radius 1 is 1.19 bits per heavy atom. The maximum Gasteiger partial charge on any atom is 0.264 e. The molecule has 0 bridgehead atoms. The number of halogens is 1. The number of hydrogen-bond acceptors (Lipinski definition) is 8. The van der Waals surface area contributed by atoms with Crippen molar-refractivity contribution in [2.75, 3.05) is 32.0 Å². The maximum atomic E-state index is 14.8. The second kappa shape index (κ2) is 10.3. The number of imide groups is 1. The Morgan fingerprint density at radius 2 is 1.97 bits per heavy atom. The fourth-order valence-electron chi connectivity index (χ4n) is 4.80. The minimum Gasteiger partial charge on any atom is -0.489 e. The molecule has 194 valence electrons. The molecule has 0 radical (unpaired) electrons. The number of fused-ring (bicyclic) bond motifs is 1. The lowest BCUT2D eigenvalue weighted by Gasteiger charge is -2.26. The number of nitrogen functional groups attached to an aromatic ring is 1. The van der Waals surface area contributed by atoms with Crippen molar-refractivity contribution in [3.63, 3.8) is 0 Å². The van der Waals surface area contributed by atoms with Crippen molar-refractivity contribution in [1.82, 2.24) is 19.8 Å².